The van der Waals surface area contributed by atoms with Crippen molar-refractivity contribution in [3.05, 3.63) is 89.9 Å². The molecule has 6 heteroatoms. The summed E-state index contributed by atoms with van der Waals surface area (Å²) < 4.78 is 5.88. The first-order valence-electron chi connectivity index (χ1n) is 9.24. The van der Waals surface area contributed by atoms with E-state index in [1.807, 2.05) is 54.6 Å². The van der Waals surface area contributed by atoms with Gasteiger partial charge in [0.05, 0.1) is 23.1 Å². The second-order valence-corrected chi connectivity index (χ2v) is 6.91. The molecule has 0 saturated heterocycles. The van der Waals surface area contributed by atoms with E-state index in [0.717, 1.165) is 33.1 Å². The molecule has 0 aliphatic heterocycles. The van der Waals surface area contributed by atoms with Crippen LogP contribution in [0, 0.1) is 0 Å². The topological polar surface area (TPSA) is 96.8 Å². The zero-order valence-corrected chi connectivity index (χ0v) is 15.5. The molecule has 0 saturated carbocycles. The molecule has 0 bridgehead atoms. The van der Waals surface area contributed by atoms with E-state index in [9.17, 15) is 4.79 Å². The van der Waals surface area contributed by atoms with E-state index in [2.05, 4.69) is 15.0 Å². The van der Waals surface area contributed by atoms with Crippen molar-refractivity contribution in [1.29, 1.82) is 0 Å². The van der Waals surface area contributed by atoms with Gasteiger partial charge in [0.25, 0.3) is 0 Å². The van der Waals surface area contributed by atoms with Gasteiger partial charge in [-0.2, -0.15) is 0 Å². The molecule has 0 unspecified atom stereocenters. The van der Waals surface area contributed by atoms with Crippen molar-refractivity contribution < 1.29 is 9.53 Å². The molecule has 3 aromatic heterocycles. The molecule has 0 aliphatic carbocycles. The van der Waals surface area contributed by atoms with Gasteiger partial charge in [0, 0.05) is 16.3 Å². The van der Waals surface area contributed by atoms with E-state index >= 15 is 0 Å². The van der Waals surface area contributed by atoms with E-state index in [1.165, 1.54) is 0 Å². The standard InChI is InChI=1S/C23H18N4O2/c24-22-11-16-10-20(27-21(16)12-25-22)23(28)19-9-15-8-17(6-7-18(15)26-19)29-13-14-4-2-1-3-5-14/h1-12,26-27H,13H2,(H2,24,25). The zero-order valence-electron chi connectivity index (χ0n) is 15.5. The maximum Gasteiger partial charge on any atom is 0.225 e. The first-order valence-corrected chi connectivity index (χ1v) is 9.24. The first kappa shape index (κ1) is 17.1. The van der Waals surface area contributed by atoms with Crippen molar-refractivity contribution in [3.8, 4) is 5.75 Å². The lowest BCUT2D eigenvalue weighted by atomic mass is 10.2. The number of nitrogens with one attached hydrogen (secondary N) is 2. The highest BCUT2D eigenvalue weighted by atomic mass is 16.5. The summed E-state index contributed by atoms with van der Waals surface area (Å²) in [5.41, 5.74) is 9.47. The number of pyridine rings is 1. The van der Waals surface area contributed by atoms with Crippen LogP contribution < -0.4 is 10.5 Å². The summed E-state index contributed by atoms with van der Waals surface area (Å²) in [5.74, 6) is 1.05. The summed E-state index contributed by atoms with van der Waals surface area (Å²) in [5, 5.41) is 1.77. The lowest BCUT2D eigenvalue weighted by Gasteiger charge is -2.06. The molecule has 0 fully saturated rings. The van der Waals surface area contributed by atoms with Gasteiger partial charge in [-0.3, -0.25) is 4.79 Å². The maximum absolute atomic E-state index is 12.9. The number of ether oxygens (including phenoxy) is 1. The average Bonchev–Trinajstić information content (AvgIpc) is 3.35. The number of carbonyl (C=O) groups excluding carboxylic acids is 1. The largest absolute Gasteiger partial charge is 0.489 e. The van der Waals surface area contributed by atoms with Crippen molar-refractivity contribution in [2.45, 2.75) is 6.61 Å². The Hall–Kier alpha value is -4.06. The van der Waals surface area contributed by atoms with Gasteiger partial charge in [0.15, 0.2) is 0 Å². The number of rotatable bonds is 5. The van der Waals surface area contributed by atoms with Crippen molar-refractivity contribution in [2.24, 2.45) is 0 Å². The Labute approximate surface area is 166 Å². The Morgan fingerprint density at radius 2 is 1.62 bits per heavy atom. The summed E-state index contributed by atoms with van der Waals surface area (Å²) >= 11 is 0. The minimum Gasteiger partial charge on any atom is -0.489 e. The number of aromatic amines is 2. The second-order valence-electron chi connectivity index (χ2n) is 6.91. The van der Waals surface area contributed by atoms with Crippen molar-refractivity contribution in [2.75, 3.05) is 5.73 Å². The number of anilines is 1. The fourth-order valence-corrected chi connectivity index (χ4v) is 3.38. The number of carbonyl (C=O) groups is 1. The van der Waals surface area contributed by atoms with Crippen molar-refractivity contribution in [1.82, 2.24) is 15.0 Å². The molecule has 5 aromatic rings. The highest BCUT2D eigenvalue weighted by Gasteiger charge is 2.15. The van der Waals surface area contributed by atoms with Crippen LogP contribution in [-0.4, -0.2) is 20.7 Å². The monoisotopic (exact) mass is 382 g/mol. The number of benzene rings is 2. The molecule has 0 amide bonds. The van der Waals surface area contributed by atoms with Crippen LogP contribution in [0.1, 0.15) is 21.7 Å². The molecular weight excluding hydrogens is 364 g/mol. The van der Waals surface area contributed by atoms with E-state index in [0.29, 0.717) is 23.8 Å². The van der Waals surface area contributed by atoms with Crippen LogP contribution in [-0.2, 0) is 6.61 Å². The maximum atomic E-state index is 12.9. The highest BCUT2D eigenvalue weighted by Crippen LogP contribution is 2.25. The number of H-pyrrole nitrogens is 2. The van der Waals surface area contributed by atoms with Crippen LogP contribution in [0.25, 0.3) is 21.8 Å². The van der Waals surface area contributed by atoms with Gasteiger partial charge in [-0.05, 0) is 42.0 Å². The fourth-order valence-electron chi connectivity index (χ4n) is 3.38. The van der Waals surface area contributed by atoms with E-state index in [1.54, 1.807) is 18.3 Å². The smallest absolute Gasteiger partial charge is 0.225 e. The lowest BCUT2D eigenvalue weighted by Crippen LogP contribution is -2.01. The third kappa shape index (κ3) is 3.32. The average molecular weight is 382 g/mol. The quantitative estimate of drug-likeness (QED) is 0.392. The molecule has 0 atom stereocenters. The summed E-state index contributed by atoms with van der Waals surface area (Å²) in [4.78, 5) is 23.3. The minimum absolute atomic E-state index is 0.122. The number of nitrogen functional groups attached to an aromatic ring is 1. The lowest BCUT2D eigenvalue weighted by molar-refractivity contribution is 0.103. The number of ketones is 1. The van der Waals surface area contributed by atoms with Crippen LogP contribution in [0.2, 0.25) is 0 Å². The van der Waals surface area contributed by atoms with Gasteiger partial charge in [-0.1, -0.05) is 30.3 Å². The summed E-state index contributed by atoms with van der Waals surface area (Å²) in [6.45, 7) is 0.495. The Kier molecular flexibility index (Phi) is 4.02. The van der Waals surface area contributed by atoms with Crippen LogP contribution in [0.4, 0.5) is 5.82 Å². The van der Waals surface area contributed by atoms with Crippen LogP contribution >= 0.6 is 0 Å². The number of hydrogen-bond acceptors (Lipinski definition) is 4. The Morgan fingerprint density at radius 1 is 0.897 bits per heavy atom. The van der Waals surface area contributed by atoms with Gasteiger partial charge < -0.3 is 20.4 Å². The molecule has 5 rings (SSSR count). The van der Waals surface area contributed by atoms with Gasteiger partial charge in [0.2, 0.25) is 5.78 Å². The second kappa shape index (κ2) is 6.83. The fraction of sp³-hybridized carbons (Fsp3) is 0.0435. The summed E-state index contributed by atoms with van der Waals surface area (Å²) in [6, 6.07) is 21.1. The molecule has 6 nitrogen and oxygen atoms in total. The molecular formula is C23H18N4O2. The zero-order chi connectivity index (χ0) is 19.8. The molecule has 2 aromatic carbocycles. The third-order valence-corrected chi connectivity index (χ3v) is 4.86. The summed E-state index contributed by atoms with van der Waals surface area (Å²) in [6.07, 6.45) is 1.63. The minimum atomic E-state index is -0.122. The van der Waals surface area contributed by atoms with Gasteiger partial charge in [-0.15, -0.1) is 0 Å². The number of aromatic nitrogens is 3. The first-order chi connectivity index (χ1) is 14.2. The number of nitrogens with two attached hydrogens (primary N) is 1. The summed E-state index contributed by atoms with van der Waals surface area (Å²) in [7, 11) is 0. The molecule has 0 radical (unpaired) electrons. The van der Waals surface area contributed by atoms with Gasteiger partial charge in [0.1, 0.15) is 18.2 Å². The number of fused-ring (bicyclic) bond motifs is 2. The highest BCUT2D eigenvalue weighted by molar-refractivity contribution is 6.11. The molecule has 142 valence electrons. The van der Waals surface area contributed by atoms with Crippen LogP contribution in [0.15, 0.2) is 72.9 Å². The number of hydrogen-bond donors (Lipinski definition) is 3. The molecule has 0 aliphatic rings. The van der Waals surface area contributed by atoms with Gasteiger partial charge >= 0.3 is 0 Å². The van der Waals surface area contributed by atoms with Crippen molar-refractivity contribution in [3.63, 3.8) is 0 Å². The normalized spacial score (nSPS) is 11.2. The molecule has 29 heavy (non-hydrogen) atoms. The Bertz CT molecular complexity index is 1340. The van der Waals surface area contributed by atoms with E-state index in [-0.39, 0.29) is 5.78 Å². The predicted octanol–water partition coefficient (Wildman–Crippen LogP) is 4.44. The van der Waals surface area contributed by atoms with Crippen molar-refractivity contribution >= 4 is 33.4 Å². The SMILES string of the molecule is Nc1cc2cc(C(=O)c3cc4cc(OCc5ccccc5)ccc4[nH]3)[nH]c2cn1. The predicted molar refractivity (Wildman–Crippen MR) is 113 cm³/mol. The molecule has 0 spiro atoms. The number of nitrogens with zero attached hydrogens (tertiary/aromatic N) is 1. The van der Waals surface area contributed by atoms with E-state index < -0.39 is 0 Å². The van der Waals surface area contributed by atoms with Crippen LogP contribution in [0.3, 0.4) is 0 Å². The Balaban J connectivity index is 1.40. The van der Waals surface area contributed by atoms with Crippen LogP contribution in [0.5, 0.6) is 5.75 Å². The Morgan fingerprint density at radius 3 is 2.41 bits per heavy atom. The van der Waals surface area contributed by atoms with Gasteiger partial charge in [-0.25, -0.2) is 4.98 Å². The third-order valence-electron chi connectivity index (χ3n) is 4.86. The molecule has 4 N–H and O–H groups in total. The molecule has 3 heterocycles. The van der Waals surface area contributed by atoms with E-state index in [4.69, 9.17) is 10.5 Å².